The molecule has 0 N–H and O–H groups in total. The molecule has 0 unspecified atom stereocenters. The normalized spacial score (nSPS) is 14.8. The molecule has 5 heteroatoms. The van der Waals surface area contributed by atoms with Crippen LogP contribution >= 0.6 is 0 Å². The Bertz CT molecular complexity index is 657. The molecule has 0 radical (unpaired) electrons. The Labute approximate surface area is 134 Å². The van der Waals surface area contributed by atoms with Gasteiger partial charge in [-0.05, 0) is 35.9 Å². The fourth-order valence-electron chi connectivity index (χ4n) is 2.70. The number of halogens is 2. The minimum absolute atomic E-state index is 0.261. The number of benzene rings is 2. The third kappa shape index (κ3) is 4.20. The smallest absolute Gasteiger partial charge is 0.126 e. The maximum absolute atomic E-state index is 13.6. The number of ether oxygens (including phenoxy) is 2. The average Bonchev–Trinajstić information content (AvgIpc) is 2.56. The average molecular weight is 319 g/mol. The van der Waals surface area contributed by atoms with E-state index in [1.165, 1.54) is 18.2 Å². The van der Waals surface area contributed by atoms with E-state index in [9.17, 15) is 8.78 Å². The zero-order valence-electron chi connectivity index (χ0n) is 12.8. The largest absolute Gasteiger partial charge is 0.493 e. The maximum Gasteiger partial charge on any atom is 0.126 e. The Hall–Kier alpha value is -2.14. The SMILES string of the molecule is Fc1cccc(OCCc2cc(F)ccc2N2CCOCC2)c1. The van der Waals surface area contributed by atoms with E-state index in [1.807, 2.05) is 0 Å². The fraction of sp³-hybridized carbons (Fsp3) is 0.333. The van der Waals surface area contributed by atoms with Gasteiger partial charge in [-0.25, -0.2) is 8.78 Å². The van der Waals surface area contributed by atoms with Gasteiger partial charge in [0.1, 0.15) is 17.4 Å². The summed E-state index contributed by atoms with van der Waals surface area (Å²) in [5, 5.41) is 0. The first-order valence-electron chi connectivity index (χ1n) is 7.72. The van der Waals surface area contributed by atoms with E-state index in [0.29, 0.717) is 32.0 Å². The van der Waals surface area contributed by atoms with Crippen molar-refractivity contribution >= 4 is 5.69 Å². The zero-order valence-corrected chi connectivity index (χ0v) is 12.8. The number of morpholine rings is 1. The Kier molecular flexibility index (Phi) is 5.08. The van der Waals surface area contributed by atoms with Crippen molar-refractivity contribution in [2.45, 2.75) is 6.42 Å². The van der Waals surface area contributed by atoms with Crippen LogP contribution < -0.4 is 9.64 Å². The van der Waals surface area contributed by atoms with E-state index < -0.39 is 0 Å². The summed E-state index contributed by atoms with van der Waals surface area (Å²) in [6.45, 7) is 3.31. The van der Waals surface area contributed by atoms with Crippen molar-refractivity contribution < 1.29 is 18.3 Å². The van der Waals surface area contributed by atoms with Crippen LogP contribution in [0, 0.1) is 11.6 Å². The topological polar surface area (TPSA) is 21.7 Å². The molecule has 122 valence electrons. The monoisotopic (exact) mass is 319 g/mol. The highest BCUT2D eigenvalue weighted by Gasteiger charge is 2.15. The first-order chi connectivity index (χ1) is 11.2. The highest BCUT2D eigenvalue weighted by atomic mass is 19.1. The van der Waals surface area contributed by atoms with Crippen LogP contribution in [0.2, 0.25) is 0 Å². The standard InChI is InChI=1S/C18H19F2NO2/c19-15-2-1-3-17(13-15)23-9-6-14-12-16(20)4-5-18(14)21-7-10-22-11-8-21/h1-5,12-13H,6-11H2. The summed E-state index contributed by atoms with van der Waals surface area (Å²) < 4.78 is 37.6. The minimum atomic E-state index is -0.331. The molecule has 3 rings (SSSR count). The van der Waals surface area contributed by atoms with Crippen LogP contribution in [0.25, 0.3) is 0 Å². The third-order valence-corrected chi connectivity index (χ3v) is 3.83. The first-order valence-corrected chi connectivity index (χ1v) is 7.72. The van der Waals surface area contributed by atoms with Gasteiger partial charge in [-0.3, -0.25) is 0 Å². The van der Waals surface area contributed by atoms with Gasteiger partial charge in [0.25, 0.3) is 0 Å². The number of hydrogen-bond acceptors (Lipinski definition) is 3. The Morgan fingerprint density at radius 3 is 2.57 bits per heavy atom. The molecular formula is C18H19F2NO2. The Morgan fingerprint density at radius 2 is 1.78 bits per heavy atom. The first kappa shape index (κ1) is 15.7. The van der Waals surface area contributed by atoms with E-state index >= 15 is 0 Å². The molecule has 2 aromatic carbocycles. The van der Waals surface area contributed by atoms with Crippen LogP contribution in [0.4, 0.5) is 14.5 Å². The van der Waals surface area contributed by atoms with Crippen molar-refractivity contribution in [1.82, 2.24) is 0 Å². The Balaban J connectivity index is 1.67. The summed E-state index contributed by atoms with van der Waals surface area (Å²) in [6.07, 6.45) is 0.557. The predicted octanol–water partition coefficient (Wildman–Crippen LogP) is 3.42. The molecule has 1 saturated heterocycles. The van der Waals surface area contributed by atoms with E-state index in [1.54, 1.807) is 24.3 Å². The Morgan fingerprint density at radius 1 is 1.00 bits per heavy atom. The molecule has 0 spiro atoms. The van der Waals surface area contributed by atoms with Gasteiger partial charge < -0.3 is 14.4 Å². The minimum Gasteiger partial charge on any atom is -0.493 e. The van der Waals surface area contributed by atoms with Crippen molar-refractivity contribution in [1.29, 1.82) is 0 Å². The molecule has 2 aromatic rings. The van der Waals surface area contributed by atoms with Crippen molar-refractivity contribution in [3.05, 3.63) is 59.7 Å². The molecular weight excluding hydrogens is 300 g/mol. The molecule has 1 aliphatic rings. The molecule has 0 bridgehead atoms. The molecule has 1 fully saturated rings. The van der Waals surface area contributed by atoms with E-state index in [0.717, 1.165) is 24.3 Å². The summed E-state index contributed by atoms with van der Waals surface area (Å²) in [7, 11) is 0. The number of hydrogen-bond donors (Lipinski definition) is 0. The van der Waals surface area contributed by atoms with Crippen molar-refractivity contribution in [2.24, 2.45) is 0 Å². The van der Waals surface area contributed by atoms with Gasteiger partial charge in [0.15, 0.2) is 0 Å². The van der Waals surface area contributed by atoms with Crippen molar-refractivity contribution in [3.8, 4) is 5.75 Å². The van der Waals surface area contributed by atoms with Crippen molar-refractivity contribution in [2.75, 3.05) is 37.8 Å². The second-order valence-electron chi connectivity index (χ2n) is 5.43. The zero-order chi connectivity index (χ0) is 16.1. The maximum atomic E-state index is 13.6. The van der Waals surface area contributed by atoms with Gasteiger partial charge in [-0.15, -0.1) is 0 Å². The summed E-state index contributed by atoms with van der Waals surface area (Å²) in [5.74, 6) is -0.112. The molecule has 0 aliphatic carbocycles. The molecule has 0 atom stereocenters. The van der Waals surface area contributed by atoms with Gasteiger partial charge in [-0.1, -0.05) is 6.07 Å². The second kappa shape index (κ2) is 7.42. The lowest BCUT2D eigenvalue weighted by Gasteiger charge is -2.30. The number of nitrogens with zero attached hydrogens (tertiary/aromatic N) is 1. The number of rotatable bonds is 5. The lowest BCUT2D eigenvalue weighted by atomic mass is 10.1. The van der Waals surface area contributed by atoms with E-state index in [-0.39, 0.29) is 11.6 Å². The van der Waals surface area contributed by atoms with Gasteiger partial charge in [-0.2, -0.15) is 0 Å². The lowest BCUT2D eigenvalue weighted by molar-refractivity contribution is 0.122. The third-order valence-electron chi connectivity index (χ3n) is 3.83. The van der Waals surface area contributed by atoms with E-state index in [2.05, 4.69) is 4.90 Å². The van der Waals surface area contributed by atoms with Crippen LogP contribution in [0.15, 0.2) is 42.5 Å². The quantitative estimate of drug-likeness (QED) is 0.843. The lowest BCUT2D eigenvalue weighted by Crippen LogP contribution is -2.36. The fourth-order valence-corrected chi connectivity index (χ4v) is 2.70. The van der Waals surface area contributed by atoms with Gasteiger partial charge >= 0.3 is 0 Å². The highest BCUT2D eigenvalue weighted by Crippen LogP contribution is 2.24. The molecule has 3 nitrogen and oxygen atoms in total. The van der Waals surface area contributed by atoms with E-state index in [4.69, 9.17) is 9.47 Å². The van der Waals surface area contributed by atoms with Gasteiger partial charge in [0.05, 0.1) is 19.8 Å². The predicted molar refractivity (Wildman–Crippen MR) is 85.0 cm³/mol. The van der Waals surface area contributed by atoms with Crippen LogP contribution in [0.3, 0.4) is 0 Å². The summed E-state index contributed by atoms with van der Waals surface area (Å²) >= 11 is 0. The highest BCUT2D eigenvalue weighted by molar-refractivity contribution is 5.54. The summed E-state index contributed by atoms with van der Waals surface area (Å²) in [4.78, 5) is 2.19. The molecule has 0 aromatic heterocycles. The summed E-state index contributed by atoms with van der Waals surface area (Å²) in [6, 6.07) is 10.8. The van der Waals surface area contributed by atoms with Crippen LogP contribution in [-0.4, -0.2) is 32.9 Å². The molecule has 23 heavy (non-hydrogen) atoms. The van der Waals surface area contributed by atoms with Crippen molar-refractivity contribution in [3.63, 3.8) is 0 Å². The molecule has 1 heterocycles. The van der Waals surface area contributed by atoms with Gasteiger partial charge in [0.2, 0.25) is 0 Å². The second-order valence-corrected chi connectivity index (χ2v) is 5.43. The number of anilines is 1. The molecule has 0 saturated carbocycles. The molecule has 1 aliphatic heterocycles. The van der Waals surface area contributed by atoms with Crippen LogP contribution in [-0.2, 0) is 11.2 Å². The van der Waals surface area contributed by atoms with Crippen LogP contribution in [0.1, 0.15) is 5.56 Å². The van der Waals surface area contributed by atoms with Gasteiger partial charge in [0, 0.05) is 31.3 Å². The molecule has 0 amide bonds. The van der Waals surface area contributed by atoms with Crippen LogP contribution in [0.5, 0.6) is 5.75 Å². The summed E-state index contributed by atoms with van der Waals surface area (Å²) in [5.41, 5.74) is 1.90.